The Morgan fingerprint density at radius 2 is 2.47 bits per heavy atom. The summed E-state index contributed by atoms with van der Waals surface area (Å²) in [5.74, 6) is 1.19. The van der Waals surface area contributed by atoms with E-state index in [4.69, 9.17) is 5.26 Å². The Morgan fingerprint density at radius 1 is 1.60 bits per heavy atom. The molecule has 1 heterocycles. The van der Waals surface area contributed by atoms with Crippen LogP contribution in [0.1, 0.15) is 18.9 Å². The summed E-state index contributed by atoms with van der Waals surface area (Å²) in [5, 5.41) is 9.44. The highest BCUT2D eigenvalue weighted by Crippen LogP contribution is 2.31. The van der Waals surface area contributed by atoms with Gasteiger partial charge in [0.1, 0.15) is 0 Å². The summed E-state index contributed by atoms with van der Waals surface area (Å²) >= 11 is 2.00. The van der Waals surface area contributed by atoms with Crippen LogP contribution < -0.4 is 4.90 Å². The smallest absolute Gasteiger partial charge is 0.0992 e. The second-order valence-corrected chi connectivity index (χ2v) is 4.87. The fourth-order valence-corrected chi connectivity index (χ4v) is 3.13. The van der Waals surface area contributed by atoms with Gasteiger partial charge in [-0.3, -0.25) is 0 Å². The van der Waals surface area contributed by atoms with E-state index in [2.05, 4.69) is 24.0 Å². The Hall–Kier alpha value is -1.14. The van der Waals surface area contributed by atoms with Gasteiger partial charge in [-0.05, 0) is 24.6 Å². The lowest BCUT2D eigenvalue weighted by Gasteiger charge is -2.24. The Labute approximate surface area is 94.9 Å². The molecule has 3 heteroatoms. The highest BCUT2D eigenvalue weighted by molar-refractivity contribution is 8.00. The van der Waals surface area contributed by atoms with E-state index in [0.29, 0.717) is 5.37 Å². The molecule has 1 aromatic carbocycles. The van der Waals surface area contributed by atoms with Crippen molar-refractivity contribution in [1.29, 1.82) is 5.26 Å². The SMILES string of the molecule is CCC1SCCN1c1cccc(C#N)c1. The summed E-state index contributed by atoms with van der Waals surface area (Å²) in [6.07, 6.45) is 1.15. The summed E-state index contributed by atoms with van der Waals surface area (Å²) in [6.45, 7) is 3.31. The molecule has 1 aliphatic heterocycles. The molecule has 1 saturated heterocycles. The molecule has 1 unspecified atom stereocenters. The molecule has 0 aliphatic carbocycles. The Balaban J connectivity index is 2.25. The van der Waals surface area contributed by atoms with Crippen LogP contribution in [-0.2, 0) is 0 Å². The molecule has 0 bridgehead atoms. The van der Waals surface area contributed by atoms with Gasteiger partial charge in [-0.1, -0.05) is 13.0 Å². The molecule has 0 saturated carbocycles. The van der Waals surface area contributed by atoms with Crippen LogP contribution in [0.4, 0.5) is 5.69 Å². The minimum Gasteiger partial charge on any atom is -0.359 e. The standard InChI is InChI=1S/C12H14N2S/c1-2-12-14(6-7-15-12)11-5-3-4-10(8-11)9-13/h3-5,8,12H,2,6-7H2,1H3. The zero-order chi connectivity index (χ0) is 10.7. The monoisotopic (exact) mass is 218 g/mol. The van der Waals surface area contributed by atoms with E-state index in [-0.39, 0.29) is 0 Å². The molecular weight excluding hydrogens is 204 g/mol. The van der Waals surface area contributed by atoms with Gasteiger partial charge in [-0.15, -0.1) is 11.8 Å². The van der Waals surface area contributed by atoms with Crippen molar-refractivity contribution in [2.75, 3.05) is 17.2 Å². The molecule has 0 spiro atoms. The van der Waals surface area contributed by atoms with Crippen molar-refractivity contribution in [3.8, 4) is 6.07 Å². The van der Waals surface area contributed by atoms with Crippen molar-refractivity contribution < 1.29 is 0 Å². The van der Waals surface area contributed by atoms with Gasteiger partial charge >= 0.3 is 0 Å². The van der Waals surface area contributed by atoms with Crippen LogP contribution in [0, 0.1) is 11.3 Å². The molecule has 1 aromatic rings. The number of hydrogen-bond donors (Lipinski definition) is 0. The normalized spacial score (nSPS) is 20.3. The summed E-state index contributed by atoms with van der Waals surface area (Å²) in [5.41, 5.74) is 1.94. The van der Waals surface area contributed by atoms with Crippen molar-refractivity contribution in [1.82, 2.24) is 0 Å². The minimum atomic E-state index is 0.582. The molecule has 2 rings (SSSR count). The van der Waals surface area contributed by atoms with Crippen LogP contribution in [-0.4, -0.2) is 17.7 Å². The molecule has 0 amide bonds. The van der Waals surface area contributed by atoms with Crippen molar-refractivity contribution >= 4 is 17.4 Å². The Bertz CT molecular complexity index is 383. The first-order valence-corrected chi connectivity index (χ1v) is 6.28. The van der Waals surface area contributed by atoms with Crippen LogP contribution in [0.5, 0.6) is 0 Å². The van der Waals surface area contributed by atoms with E-state index in [1.165, 1.54) is 11.4 Å². The van der Waals surface area contributed by atoms with E-state index in [0.717, 1.165) is 18.5 Å². The van der Waals surface area contributed by atoms with E-state index in [9.17, 15) is 0 Å². The average molecular weight is 218 g/mol. The number of nitrogens with zero attached hydrogens (tertiary/aromatic N) is 2. The van der Waals surface area contributed by atoms with E-state index < -0.39 is 0 Å². The summed E-state index contributed by atoms with van der Waals surface area (Å²) in [4.78, 5) is 2.39. The second-order valence-electron chi connectivity index (χ2n) is 3.59. The van der Waals surface area contributed by atoms with Gasteiger partial charge in [0.05, 0.1) is 17.0 Å². The van der Waals surface area contributed by atoms with Crippen LogP contribution in [0.3, 0.4) is 0 Å². The molecule has 0 radical (unpaired) electrons. The molecule has 78 valence electrons. The quantitative estimate of drug-likeness (QED) is 0.763. The predicted molar refractivity (Wildman–Crippen MR) is 65.0 cm³/mol. The average Bonchev–Trinajstić information content (AvgIpc) is 2.77. The first-order chi connectivity index (χ1) is 7.35. The number of hydrogen-bond acceptors (Lipinski definition) is 3. The molecular formula is C12H14N2S. The molecule has 1 atom stereocenters. The highest BCUT2D eigenvalue weighted by atomic mass is 32.2. The molecule has 15 heavy (non-hydrogen) atoms. The fourth-order valence-electron chi connectivity index (χ4n) is 1.91. The molecule has 2 nitrogen and oxygen atoms in total. The van der Waals surface area contributed by atoms with Gasteiger partial charge < -0.3 is 4.90 Å². The zero-order valence-corrected chi connectivity index (χ0v) is 9.63. The number of anilines is 1. The van der Waals surface area contributed by atoms with Gasteiger partial charge in [-0.25, -0.2) is 0 Å². The fraction of sp³-hybridized carbons (Fsp3) is 0.417. The second kappa shape index (κ2) is 4.59. The lowest BCUT2D eigenvalue weighted by Crippen LogP contribution is -2.27. The van der Waals surface area contributed by atoms with Gasteiger partial charge in [0, 0.05) is 18.0 Å². The molecule has 1 aliphatic rings. The maximum atomic E-state index is 8.85. The lowest BCUT2D eigenvalue weighted by molar-refractivity contribution is 0.778. The summed E-state index contributed by atoms with van der Waals surface area (Å²) < 4.78 is 0. The van der Waals surface area contributed by atoms with Gasteiger partial charge in [-0.2, -0.15) is 5.26 Å². The predicted octanol–water partition coefficient (Wildman–Crippen LogP) is 2.85. The first-order valence-electron chi connectivity index (χ1n) is 5.23. The van der Waals surface area contributed by atoms with Crippen molar-refractivity contribution in [2.45, 2.75) is 18.7 Å². The van der Waals surface area contributed by atoms with E-state index >= 15 is 0 Å². The topological polar surface area (TPSA) is 27.0 Å². The lowest BCUT2D eigenvalue weighted by atomic mass is 10.2. The van der Waals surface area contributed by atoms with Crippen LogP contribution >= 0.6 is 11.8 Å². The van der Waals surface area contributed by atoms with Crippen LogP contribution in [0.25, 0.3) is 0 Å². The van der Waals surface area contributed by atoms with Crippen molar-refractivity contribution in [2.24, 2.45) is 0 Å². The van der Waals surface area contributed by atoms with Gasteiger partial charge in [0.25, 0.3) is 0 Å². The maximum Gasteiger partial charge on any atom is 0.0992 e. The third kappa shape index (κ3) is 2.10. The van der Waals surface area contributed by atoms with Crippen LogP contribution in [0.2, 0.25) is 0 Å². The molecule has 0 aromatic heterocycles. The van der Waals surface area contributed by atoms with E-state index in [1.807, 2.05) is 30.0 Å². The maximum absolute atomic E-state index is 8.85. The molecule has 0 N–H and O–H groups in total. The minimum absolute atomic E-state index is 0.582. The highest BCUT2D eigenvalue weighted by Gasteiger charge is 2.23. The van der Waals surface area contributed by atoms with Gasteiger partial charge in [0.2, 0.25) is 0 Å². The largest absolute Gasteiger partial charge is 0.359 e. The van der Waals surface area contributed by atoms with Crippen molar-refractivity contribution in [3.63, 3.8) is 0 Å². The van der Waals surface area contributed by atoms with Crippen molar-refractivity contribution in [3.05, 3.63) is 29.8 Å². The van der Waals surface area contributed by atoms with Gasteiger partial charge in [0.15, 0.2) is 0 Å². The number of rotatable bonds is 2. The zero-order valence-electron chi connectivity index (χ0n) is 8.81. The van der Waals surface area contributed by atoms with E-state index in [1.54, 1.807) is 0 Å². The number of nitriles is 1. The van der Waals surface area contributed by atoms with Crippen LogP contribution in [0.15, 0.2) is 24.3 Å². The third-order valence-electron chi connectivity index (χ3n) is 2.65. The summed E-state index contributed by atoms with van der Waals surface area (Å²) in [6, 6.07) is 10.1. The Morgan fingerprint density at radius 3 is 3.20 bits per heavy atom. The third-order valence-corrected chi connectivity index (χ3v) is 4.04. The Kier molecular flexibility index (Phi) is 3.17. The summed E-state index contributed by atoms with van der Waals surface area (Å²) in [7, 11) is 0. The number of benzene rings is 1. The number of thioether (sulfide) groups is 1. The molecule has 1 fully saturated rings. The first kappa shape index (κ1) is 10.4.